The standard InChI is InChI=1S/C10H9BrFNO3/c11-4-7-2-1-3-9(12)8(7)6-16-13-5-10(14)15/h1-3,5H,4,6H2,(H,14,15)/b13-5-. The van der Waals surface area contributed by atoms with E-state index in [1.807, 2.05) is 0 Å². The smallest absolute Gasteiger partial charge is 0.350 e. The van der Waals surface area contributed by atoms with E-state index in [1.54, 1.807) is 12.1 Å². The van der Waals surface area contributed by atoms with E-state index in [0.717, 1.165) is 5.56 Å². The van der Waals surface area contributed by atoms with Crippen LogP contribution in [-0.2, 0) is 21.6 Å². The van der Waals surface area contributed by atoms with Gasteiger partial charge in [0.15, 0.2) is 6.21 Å². The number of oxime groups is 1. The van der Waals surface area contributed by atoms with Crippen LogP contribution in [0.25, 0.3) is 0 Å². The van der Waals surface area contributed by atoms with E-state index in [4.69, 9.17) is 5.11 Å². The van der Waals surface area contributed by atoms with Gasteiger partial charge in [0.25, 0.3) is 0 Å². The molecule has 1 aromatic rings. The molecular weight excluding hydrogens is 281 g/mol. The van der Waals surface area contributed by atoms with Gasteiger partial charge in [-0.3, -0.25) is 0 Å². The lowest BCUT2D eigenvalue weighted by atomic mass is 10.1. The van der Waals surface area contributed by atoms with E-state index in [0.29, 0.717) is 17.1 Å². The maximum absolute atomic E-state index is 13.4. The SMILES string of the molecule is O=C(O)/C=N\OCc1c(F)cccc1CBr. The maximum atomic E-state index is 13.4. The number of nitrogens with zero attached hydrogens (tertiary/aromatic N) is 1. The Labute approximate surface area is 99.8 Å². The molecule has 0 aliphatic carbocycles. The highest BCUT2D eigenvalue weighted by atomic mass is 79.9. The van der Waals surface area contributed by atoms with Gasteiger partial charge in [0.1, 0.15) is 12.4 Å². The first-order valence-electron chi connectivity index (χ1n) is 4.35. The summed E-state index contributed by atoms with van der Waals surface area (Å²) in [5.41, 5.74) is 1.10. The summed E-state index contributed by atoms with van der Waals surface area (Å²) >= 11 is 3.22. The second kappa shape index (κ2) is 6.22. The average molecular weight is 290 g/mol. The Morgan fingerprint density at radius 1 is 1.62 bits per heavy atom. The van der Waals surface area contributed by atoms with E-state index in [-0.39, 0.29) is 6.61 Å². The Balaban J connectivity index is 2.69. The van der Waals surface area contributed by atoms with Crippen molar-refractivity contribution in [3.05, 3.63) is 35.1 Å². The van der Waals surface area contributed by atoms with Gasteiger partial charge in [-0.05, 0) is 11.6 Å². The topological polar surface area (TPSA) is 58.9 Å². The Kier molecular flexibility index (Phi) is 4.91. The van der Waals surface area contributed by atoms with Gasteiger partial charge in [0, 0.05) is 10.9 Å². The third-order valence-electron chi connectivity index (χ3n) is 1.81. The molecule has 0 saturated carbocycles. The lowest BCUT2D eigenvalue weighted by Gasteiger charge is -2.06. The third-order valence-corrected chi connectivity index (χ3v) is 2.41. The monoisotopic (exact) mass is 289 g/mol. The molecule has 6 heteroatoms. The zero-order valence-corrected chi connectivity index (χ0v) is 9.78. The van der Waals surface area contributed by atoms with Crippen LogP contribution < -0.4 is 0 Å². The number of carboxylic acids is 1. The largest absolute Gasteiger partial charge is 0.477 e. The van der Waals surface area contributed by atoms with Crippen molar-refractivity contribution in [2.24, 2.45) is 5.16 Å². The molecule has 0 atom stereocenters. The molecule has 0 radical (unpaired) electrons. The first-order valence-corrected chi connectivity index (χ1v) is 5.47. The van der Waals surface area contributed by atoms with Gasteiger partial charge < -0.3 is 9.94 Å². The van der Waals surface area contributed by atoms with Crippen LogP contribution >= 0.6 is 15.9 Å². The molecule has 0 unspecified atom stereocenters. The van der Waals surface area contributed by atoms with Gasteiger partial charge in [0.05, 0.1) is 0 Å². The van der Waals surface area contributed by atoms with Crippen LogP contribution in [-0.4, -0.2) is 17.3 Å². The van der Waals surface area contributed by atoms with Crippen molar-refractivity contribution in [1.29, 1.82) is 0 Å². The number of hydrogen-bond acceptors (Lipinski definition) is 3. The van der Waals surface area contributed by atoms with E-state index in [9.17, 15) is 9.18 Å². The van der Waals surface area contributed by atoms with Crippen molar-refractivity contribution >= 4 is 28.1 Å². The fourth-order valence-electron chi connectivity index (χ4n) is 1.07. The van der Waals surface area contributed by atoms with Gasteiger partial charge in [-0.2, -0.15) is 0 Å². The summed E-state index contributed by atoms with van der Waals surface area (Å²) < 4.78 is 13.4. The molecule has 0 amide bonds. The van der Waals surface area contributed by atoms with Crippen LogP contribution in [0, 0.1) is 5.82 Å². The molecule has 0 spiro atoms. The Morgan fingerprint density at radius 3 is 3.00 bits per heavy atom. The molecule has 0 heterocycles. The van der Waals surface area contributed by atoms with Gasteiger partial charge >= 0.3 is 5.97 Å². The molecule has 0 aliphatic heterocycles. The van der Waals surface area contributed by atoms with Crippen LogP contribution in [0.15, 0.2) is 23.4 Å². The molecule has 1 rings (SSSR count). The summed E-state index contributed by atoms with van der Waals surface area (Å²) in [6.07, 6.45) is 0.606. The molecule has 0 aromatic heterocycles. The summed E-state index contributed by atoms with van der Waals surface area (Å²) in [5.74, 6) is -1.61. The van der Waals surface area contributed by atoms with Gasteiger partial charge in [-0.25, -0.2) is 9.18 Å². The minimum Gasteiger partial charge on any atom is -0.477 e. The molecule has 16 heavy (non-hydrogen) atoms. The fourth-order valence-corrected chi connectivity index (χ4v) is 1.60. The van der Waals surface area contributed by atoms with Crippen molar-refractivity contribution in [2.75, 3.05) is 0 Å². The number of carbonyl (C=O) groups is 1. The highest BCUT2D eigenvalue weighted by Gasteiger charge is 2.07. The van der Waals surface area contributed by atoms with Gasteiger partial charge in [0.2, 0.25) is 0 Å². The predicted molar refractivity (Wildman–Crippen MR) is 59.9 cm³/mol. The van der Waals surface area contributed by atoms with Crippen molar-refractivity contribution in [3.63, 3.8) is 0 Å². The van der Waals surface area contributed by atoms with Gasteiger partial charge in [-0.1, -0.05) is 33.2 Å². The first-order chi connectivity index (χ1) is 7.65. The van der Waals surface area contributed by atoms with Gasteiger partial charge in [-0.15, -0.1) is 0 Å². The van der Waals surface area contributed by atoms with Crippen LogP contribution in [0.4, 0.5) is 4.39 Å². The highest BCUT2D eigenvalue weighted by molar-refractivity contribution is 9.08. The summed E-state index contributed by atoms with van der Waals surface area (Å²) in [6, 6.07) is 4.65. The molecule has 1 aromatic carbocycles. The van der Waals surface area contributed by atoms with E-state index in [2.05, 4.69) is 25.9 Å². The lowest BCUT2D eigenvalue weighted by molar-refractivity contribution is -0.129. The zero-order valence-electron chi connectivity index (χ0n) is 8.19. The first kappa shape index (κ1) is 12.6. The molecular formula is C10H9BrFNO3. The van der Waals surface area contributed by atoms with Crippen LogP contribution in [0.3, 0.4) is 0 Å². The van der Waals surface area contributed by atoms with E-state index >= 15 is 0 Å². The number of aliphatic carboxylic acids is 1. The quantitative estimate of drug-likeness (QED) is 0.514. The number of hydrogen-bond donors (Lipinski definition) is 1. The molecule has 0 aliphatic rings. The second-order valence-electron chi connectivity index (χ2n) is 2.86. The molecule has 1 N–H and O–H groups in total. The lowest BCUT2D eigenvalue weighted by Crippen LogP contribution is -2.00. The Hall–Kier alpha value is -1.43. The van der Waals surface area contributed by atoms with Crippen LogP contribution in [0.1, 0.15) is 11.1 Å². The van der Waals surface area contributed by atoms with Crippen LogP contribution in [0.2, 0.25) is 0 Å². The maximum Gasteiger partial charge on any atom is 0.350 e. The third kappa shape index (κ3) is 3.62. The number of halogens is 2. The van der Waals surface area contributed by atoms with Crippen LogP contribution in [0.5, 0.6) is 0 Å². The predicted octanol–water partition coefficient (Wildman–Crippen LogP) is 2.31. The molecule has 86 valence electrons. The van der Waals surface area contributed by atoms with Crippen molar-refractivity contribution in [3.8, 4) is 0 Å². The summed E-state index contributed by atoms with van der Waals surface area (Å²) in [4.78, 5) is 14.8. The van der Waals surface area contributed by atoms with Crippen molar-refractivity contribution < 1.29 is 19.1 Å². The average Bonchev–Trinajstić information content (AvgIpc) is 2.25. The molecule has 0 fully saturated rings. The number of carboxylic acid groups (broad SMARTS) is 1. The minimum absolute atomic E-state index is 0.0998. The number of alkyl halides is 1. The van der Waals surface area contributed by atoms with E-state index in [1.165, 1.54) is 6.07 Å². The molecule has 0 saturated heterocycles. The Morgan fingerprint density at radius 2 is 2.38 bits per heavy atom. The second-order valence-corrected chi connectivity index (χ2v) is 3.42. The molecule has 4 nitrogen and oxygen atoms in total. The molecule has 0 bridgehead atoms. The highest BCUT2D eigenvalue weighted by Crippen LogP contribution is 2.17. The summed E-state index contributed by atoms with van der Waals surface area (Å²) in [7, 11) is 0. The fraction of sp³-hybridized carbons (Fsp3) is 0.200. The zero-order chi connectivity index (χ0) is 12.0. The number of benzene rings is 1. The van der Waals surface area contributed by atoms with Crippen molar-refractivity contribution in [1.82, 2.24) is 0 Å². The summed E-state index contributed by atoms with van der Waals surface area (Å²) in [5, 5.41) is 11.9. The minimum atomic E-state index is -1.21. The normalized spacial score (nSPS) is 10.6. The summed E-state index contributed by atoms with van der Waals surface area (Å²) in [6.45, 7) is -0.0998. The van der Waals surface area contributed by atoms with E-state index < -0.39 is 11.8 Å². The number of rotatable bonds is 5. The van der Waals surface area contributed by atoms with Crippen molar-refractivity contribution in [2.45, 2.75) is 11.9 Å². The Bertz CT molecular complexity index is 409.